The third-order valence-corrected chi connectivity index (χ3v) is 3.84. The predicted octanol–water partition coefficient (Wildman–Crippen LogP) is 3.71. The molecule has 0 bridgehead atoms. The lowest BCUT2D eigenvalue weighted by molar-refractivity contribution is 0.349. The summed E-state index contributed by atoms with van der Waals surface area (Å²) in [6, 6.07) is 4.44. The molecular weight excluding hydrogens is 278 g/mol. The molecule has 1 fully saturated rings. The van der Waals surface area contributed by atoms with Gasteiger partial charge >= 0.3 is 0 Å². The maximum atomic E-state index is 9.09. The van der Waals surface area contributed by atoms with Crippen molar-refractivity contribution >= 4 is 21.7 Å². The highest BCUT2D eigenvalue weighted by Gasteiger charge is 2.22. The van der Waals surface area contributed by atoms with Crippen LogP contribution >= 0.6 is 15.9 Å². The number of pyridine rings is 1. The molecule has 1 aliphatic carbocycles. The lowest BCUT2D eigenvalue weighted by Crippen LogP contribution is -2.31. The van der Waals surface area contributed by atoms with Crippen molar-refractivity contribution in [1.29, 1.82) is 5.26 Å². The van der Waals surface area contributed by atoms with E-state index in [2.05, 4.69) is 39.2 Å². The fraction of sp³-hybridized carbons (Fsp3) is 0.538. The molecule has 0 amide bonds. The quantitative estimate of drug-likeness (QED) is 0.904. The zero-order valence-corrected chi connectivity index (χ0v) is 11.5. The Bertz CT molecular complexity index is 439. The van der Waals surface area contributed by atoms with E-state index < -0.39 is 0 Å². The summed E-state index contributed by atoms with van der Waals surface area (Å²) in [7, 11) is 0. The van der Waals surface area contributed by atoms with E-state index in [1.165, 1.54) is 25.7 Å². The van der Waals surface area contributed by atoms with Crippen molar-refractivity contribution in [2.24, 2.45) is 5.92 Å². The van der Waals surface area contributed by atoms with Crippen molar-refractivity contribution in [3.05, 3.63) is 22.3 Å². The number of nitrogens with zero attached hydrogens (tertiary/aromatic N) is 2. The zero-order chi connectivity index (χ0) is 12.3. The lowest BCUT2D eigenvalue weighted by Gasteiger charge is -2.30. The average Bonchev–Trinajstić information content (AvgIpc) is 2.34. The molecule has 1 aromatic heterocycles. The standard InChI is InChI=1S/C13H16BrN3/c1-9-4-2-3-5-12(9)17-13-10(7-15)6-11(14)8-16-13/h6,8-9,12H,2-5H2,1H3,(H,16,17). The van der Waals surface area contributed by atoms with Gasteiger partial charge in [0, 0.05) is 16.7 Å². The van der Waals surface area contributed by atoms with Gasteiger partial charge in [0.1, 0.15) is 11.9 Å². The summed E-state index contributed by atoms with van der Waals surface area (Å²) in [6.07, 6.45) is 6.75. The Morgan fingerprint density at radius 2 is 2.24 bits per heavy atom. The van der Waals surface area contributed by atoms with E-state index in [1.807, 2.05) is 6.07 Å². The van der Waals surface area contributed by atoms with Gasteiger partial charge in [0.2, 0.25) is 0 Å². The Morgan fingerprint density at radius 3 is 2.94 bits per heavy atom. The van der Waals surface area contributed by atoms with Gasteiger partial charge in [-0.15, -0.1) is 0 Å². The summed E-state index contributed by atoms with van der Waals surface area (Å²) in [5.41, 5.74) is 0.608. The summed E-state index contributed by atoms with van der Waals surface area (Å²) in [5.74, 6) is 1.37. The largest absolute Gasteiger partial charge is 0.366 e. The van der Waals surface area contributed by atoms with Gasteiger partial charge in [0.15, 0.2) is 0 Å². The Morgan fingerprint density at radius 1 is 1.47 bits per heavy atom. The third-order valence-electron chi connectivity index (χ3n) is 3.41. The van der Waals surface area contributed by atoms with E-state index in [-0.39, 0.29) is 0 Å². The number of anilines is 1. The molecule has 4 heteroatoms. The smallest absolute Gasteiger partial charge is 0.144 e. The highest BCUT2D eigenvalue weighted by atomic mass is 79.9. The number of hydrogen-bond donors (Lipinski definition) is 1. The molecule has 2 atom stereocenters. The van der Waals surface area contributed by atoms with Crippen molar-refractivity contribution in [3.63, 3.8) is 0 Å². The van der Waals surface area contributed by atoms with Crippen molar-refractivity contribution in [3.8, 4) is 6.07 Å². The molecule has 2 unspecified atom stereocenters. The first-order chi connectivity index (χ1) is 8.20. The second-order valence-electron chi connectivity index (χ2n) is 4.67. The summed E-state index contributed by atoms with van der Waals surface area (Å²) in [4.78, 5) is 4.30. The summed E-state index contributed by atoms with van der Waals surface area (Å²) in [5, 5.41) is 12.5. The Hall–Kier alpha value is -1.08. The van der Waals surface area contributed by atoms with Gasteiger partial charge in [-0.2, -0.15) is 5.26 Å². The maximum Gasteiger partial charge on any atom is 0.144 e. The predicted molar refractivity (Wildman–Crippen MR) is 71.7 cm³/mol. The van der Waals surface area contributed by atoms with Crippen molar-refractivity contribution in [1.82, 2.24) is 4.98 Å². The average molecular weight is 294 g/mol. The summed E-state index contributed by atoms with van der Waals surface area (Å²) in [6.45, 7) is 2.27. The van der Waals surface area contributed by atoms with Crippen molar-refractivity contribution in [2.75, 3.05) is 5.32 Å². The van der Waals surface area contributed by atoms with E-state index in [0.29, 0.717) is 17.5 Å². The topological polar surface area (TPSA) is 48.7 Å². The maximum absolute atomic E-state index is 9.09. The van der Waals surface area contributed by atoms with E-state index in [1.54, 1.807) is 6.20 Å². The van der Waals surface area contributed by atoms with E-state index in [9.17, 15) is 0 Å². The number of hydrogen-bond acceptors (Lipinski definition) is 3. The molecule has 0 radical (unpaired) electrons. The minimum Gasteiger partial charge on any atom is -0.366 e. The zero-order valence-electron chi connectivity index (χ0n) is 9.91. The summed E-state index contributed by atoms with van der Waals surface area (Å²) >= 11 is 3.33. The number of halogens is 1. The van der Waals surface area contributed by atoms with Gasteiger partial charge in [-0.1, -0.05) is 19.8 Å². The Balaban J connectivity index is 2.15. The van der Waals surface area contributed by atoms with Crippen LogP contribution in [0.2, 0.25) is 0 Å². The molecule has 3 nitrogen and oxygen atoms in total. The van der Waals surface area contributed by atoms with Crippen LogP contribution in [0.4, 0.5) is 5.82 Å². The van der Waals surface area contributed by atoms with Gasteiger partial charge in [-0.05, 0) is 40.8 Å². The minimum absolute atomic E-state index is 0.449. The highest BCUT2D eigenvalue weighted by Crippen LogP contribution is 2.27. The molecule has 0 saturated heterocycles. The molecule has 1 aliphatic rings. The fourth-order valence-corrected chi connectivity index (χ4v) is 2.68. The number of nitriles is 1. The number of nitrogens with one attached hydrogen (secondary N) is 1. The van der Waals surface area contributed by atoms with E-state index in [0.717, 1.165) is 10.3 Å². The molecule has 0 aliphatic heterocycles. The van der Waals surface area contributed by atoms with Gasteiger partial charge in [-0.3, -0.25) is 0 Å². The molecule has 17 heavy (non-hydrogen) atoms. The first-order valence-electron chi connectivity index (χ1n) is 6.03. The van der Waals surface area contributed by atoms with Crippen LogP contribution in [-0.2, 0) is 0 Å². The molecule has 1 heterocycles. The Labute approximate surface area is 110 Å². The second kappa shape index (κ2) is 5.50. The van der Waals surface area contributed by atoms with Crippen LogP contribution in [0.25, 0.3) is 0 Å². The van der Waals surface area contributed by atoms with Gasteiger partial charge in [0.05, 0.1) is 5.56 Å². The van der Waals surface area contributed by atoms with Crippen LogP contribution in [0, 0.1) is 17.2 Å². The molecule has 0 aromatic carbocycles. The monoisotopic (exact) mass is 293 g/mol. The third kappa shape index (κ3) is 2.98. The molecule has 1 N–H and O–H groups in total. The van der Waals surface area contributed by atoms with Crippen LogP contribution in [0.15, 0.2) is 16.7 Å². The van der Waals surface area contributed by atoms with Crippen molar-refractivity contribution in [2.45, 2.75) is 38.6 Å². The first kappa shape index (κ1) is 12.4. The van der Waals surface area contributed by atoms with Gasteiger partial charge < -0.3 is 5.32 Å². The second-order valence-corrected chi connectivity index (χ2v) is 5.59. The molecule has 2 rings (SSSR count). The Kier molecular flexibility index (Phi) is 4.01. The molecule has 0 spiro atoms. The molecule has 1 saturated carbocycles. The van der Waals surface area contributed by atoms with E-state index in [4.69, 9.17) is 5.26 Å². The summed E-state index contributed by atoms with van der Waals surface area (Å²) < 4.78 is 0.844. The van der Waals surface area contributed by atoms with Crippen LogP contribution in [0.5, 0.6) is 0 Å². The van der Waals surface area contributed by atoms with Crippen LogP contribution in [0.3, 0.4) is 0 Å². The van der Waals surface area contributed by atoms with Crippen LogP contribution in [0.1, 0.15) is 38.2 Å². The first-order valence-corrected chi connectivity index (χ1v) is 6.82. The minimum atomic E-state index is 0.449. The highest BCUT2D eigenvalue weighted by molar-refractivity contribution is 9.10. The lowest BCUT2D eigenvalue weighted by atomic mass is 9.86. The normalized spacial score (nSPS) is 24.1. The molecular formula is C13H16BrN3. The van der Waals surface area contributed by atoms with Crippen molar-refractivity contribution < 1.29 is 0 Å². The number of rotatable bonds is 2. The van der Waals surface area contributed by atoms with Crippen LogP contribution in [-0.4, -0.2) is 11.0 Å². The van der Waals surface area contributed by atoms with Gasteiger partial charge in [-0.25, -0.2) is 4.98 Å². The fourth-order valence-electron chi connectivity index (χ4n) is 2.35. The SMILES string of the molecule is CC1CCCCC1Nc1ncc(Br)cc1C#N. The van der Waals surface area contributed by atoms with Crippen LogP contribution < -0.4 is 5.32 Å². The number of aromatic nitrogens is 1. The van der Waals surface area contributed by atoms with E-state index >= 15 is 0 Å². The molecule has 90 valence electrons. The molecule has 1 aromatic rings. The van der Waals surface area contributed by atoms with Gasteiger partial charge in [0.25, 0.3) is 0 Å².